The molecule has 1 aromatic rings. The van der Waals surface area contributed by atoms with Crippen molar-refractivity contribution in [3.8, 4) is 5.75 Å². The maximum absolute atomic E-state index is 12.3. The minimum atomic E-state index is 0. The van der Waals surface area contributed by atoms with Gasteiger partial charge in [0.25, 0.3) is 0 Å². The SMILES string of the molecule is COc1ccccc1CN(CCO)CCC(=O)N1CCNCC1.Cl. The molecule has 0 saturated carbocycles. The summed E-state index contributed by atoms with van der Waals surface area (Å²) >= 11 is 0. The molecule has 6 nitrogen and oxygen atoms in total. The molecule has 2 N–H and O–H groups in total. The number of amides is 1. The van der Waals surface area contributed by atoms with E-state index in [0.29, 0.717) is 26.1 Å². The van der Waals surface area contributed by atoms with E-state index < -0.39 is 0 Å². The van der Waals surface area contributed by atoms with E-state index in [1.165, 1.54) is 0 Å². The number of hydrogen-bond donors (Lipinski definition) is 2. The highest BCUT2D eigenvalue weighted by Gasteiger charge is 2.17. The lowest BCUT2D eigenvalue weighted by Crippen LogP contribution is -2.47. The van der Waals surface area contributed by atoms with Crippen molar-refractivity contribution in [3.63, 3.8) is 0 Å². The average Bonchev–Trinajstić information content (AvgIpc) is 2.60. The van der Waals surface area contributed by atoms with Gasteiger partial charge in [-0.1, -0.05) is 18.2 Å². The van der Waals surface area contributed by atoms with Crippen LogP contribution in [0.2, 0.25) is 0 Å². The Balaban J connectivity index is 0.00000288. The summed E-state index contributed by atoms with van der Waals surface area (Å²) in [4.78, 5) is 16.3. The standard InChI is InChI=1S/C17H27N3O3.ClH/c1-23-16-5-3-2-4-15(16)14-19(12-13-21)9-6-17(22)20-10-7-18-8-11-20;/h2-5,18,21H,6-14H2,1H3;1H. The van der Waals surface area contributed by atoms with Crippen molar-refractivity contribution >= 4 is 18.3 Å². The first-order chi connectivity index (χ1) is 11.2. The smallest absolute Gasteiger partial charge is 0.223 e. The van der Waals surface area contributed by atoms with Gasteiger partial charge < -0.3 is 20.1 Å². The van der Waals surface area contributed by atoms with Crippen LogP contribution in [0.5, 0.6) is 5.75 Å². The van der Waals surface area contributed by atoms with E-state index in [0.717, 1.165) is 37.5 Å². The fourth-order valence-corrected chi connectivity index (χ4v) is 2.81. The van der Waals surface area contributed by atoms with Gasteiger partial charge in [-0.05, 0) is 6.07 Å². The summed E-state index contributed by atoms with van der Waals surface area (Å²) < 4.78 is 5.37. The number of hydrogen-bond acceptors (Lipinski definition) is 5. The highest BCUT2D eigenvalue weighted by molar-refractivity contribution is 5.85. The minimum absolute atomic E-state index is 0. The van der Waals surface area contributed by atoms with E-state index in [-0.39, 0.29) is 24.9 Å². The van der Waals surface area contributed by atoms with Crippen molar-refractivity contribution in [1.29, 1.82) is 0 Å². The highest BCUT2D eigenvalue weighted by Crippen LogP contribution is 2.19. The number of rotatable bonds is 8. The quantitative estimate of drug-likeness (QED) is 0.718. The number of benzene rings is 1. The lowest BCUT2D eigenvalue weighted by Gasteiger charge is -2.29. The van der Waals surface area contributed by atoms with E-state index in [1.54, 1.807) is 7.11 Å². The number of carbonyl (C=O) groups excluding carboxylic acids is 1. The zero-order chi connectivity index (χ0) is 16.5. The van der Waals surface area contributed by atoms with Crippen LogP contribution < -0.4 is 10.1 Å². The van der Waals surface area contributed by atoms with E-state index in [1.807, 2.05) is 29.2 Å². The van der Waals surface area contributed by atoms with Gasteiger partial charge in [0.15, 0.2) is 0 Å². The Morgan fingerprint density at radius 3 is 2.67 bits per heavy atom. The first-order valence-corrected chi connectivity index (χ1v) is 8.18. The summed E-state index contributed by atoms with van der Waals surface area (Å²) in [5.41, 5.74) is 1.07. The van der Waals surface area contributed by atoms with Gasteiger partial charge in [0.2, 0.25) is 5.91 Å². The molecule has 0 bridgehead atoms. The molecule has 1 heterocycles. The molecule has 0 unspecified atom stereocenters. The normalized spacial score (nSPS) is 14.4. The fraction of sp³-hybridized carbons (Fsp3) is 0.588. The van der Waals surface area contributed by atoms with Crippen LogP contribution in [0, 0.1) is 0 Å². The van der Waals surface area contributed by atoms with Crippen LogP contribution in [-0.2, 0) is 11.3 Å². The van der Waals surface area contributed by atoms with Crippen LogP contribution in [0.15, 0.2) is 24.3 Å². The van der Waals surface area contributed by atoms with E-state index in [9.17, 15) is 9.90 Å². The third-order valence-corrected chi connectivity index (χ3v) is 4.11. The van der Waals surface area contributed by atoms with E-state index >= 15 is 0 Å². The van der Waals surface area contributed by atoms with Gasteiger partial charge in [-0.15, -0.1) is 12.4 Å². The summed E-state index contributed by atoms with van der Waals surface area (Å²) in [5, 5.41) is 12.5. The first kappa shape index (κ1) is 20.7. The van der Waals surface area contributed by atoms with Crippen LogP contribution in [0.3, 0.4) is 0 Å². The Bertz CT molecular complexity index is 496. The van der Waals surface area contributed by atoms with Gasteiger partial charge in [0.05, 0.1) is 13.7 Å². The second kappa shape index (κ2) is 11.3. The topological polar surface area (TPSA) is 65.0 Å². The number of aliphatic hydroxyl groups is 1. The Hall–Kier alpha value is -1.34. The number of methoxy groups -OCH3 is 1. The molecule has 0 atom stereocenters. The van der Waals surface area contributed by atoms with Gasteiger partial charge in [-0.2, -0.15) is 0 Å². The van der Waals surface area contributed by atoms with Crippen molar-refractivity contribution in [1.82, 2.24) is 15.1 Å². The lowest BCUT2D eigenvalue weighted by atomic mass is 10.2. The average molecular weight is 358 g/mol. The van der Waals surface area contributed by atoms with Crippen LogP contribution in [0.4, 0.5) is 0 Å². The van der Waals surface area contributed by atoms with Crippen LogP contribution >= 0.6 is 12.4 Å². The zero-order valence-corrected chi connectivity index (χ0v) is 15.1. The summed E-state index contributed by atoms with van der Waals surface area (Å²) in [6, 6.07) is 7.85. The van der Waals surface area contributed by atoms with E-state index in [2.05, 4.69) is 10.2 Å². The number of halogens is 1. The molecule has 1 amide bonds. The number of nitrogens with zero attached hydrogens (tertiary/aromatic N) is 2. The van der Waals surface area contributed by atoms with Gasteiger partial charge >= 0.3 is 0 Å². The largest absolute Gasteiger partial charge is 0.496 e. The van der Waals surface area contributed by atoms with Crippen molar-refractivity contribution in [2.24, 2.45) is 0 Å². The maximum Gasteiger partial charge on any atom is 0.223 e. The molecular formula is C17H28ClN3O3. The lowest BCUT2D eigenvalue weighted by molar-refractivity contribution is -0.132. The molecule has 2 rings (SSSR count). The van der Waals surface area contributed by atoms with Gasteiger partial charge in [-0.3, -0.25) is 9.69 Å². The molecule has 0 aromatic heterocycles. The molecule has 0 radical (unpaired) electrons. The van der Waals surface area contributed by atoms with Crippen molar-refractivity contribution < 1.29 is 14.6 Å². The highest BCUT2D eigenvalue weighted by atomic mass is 35.5. The molecule has 1 saturated heterocycles. The molecule has 1 aliphatic rings. The Morgan fingerprint density at radius 2 is 2.00 bits per heavy atom. The number of nitrogens with one attached hydrogen (secondary N) is 1. The van der Waals surface area contributed by atoms with Gasteiger partial charge in [-0.25, -0.2) is 0 Å². The van der Waals surface area contributed by atoms with Crippen LogP contribution in [-0.4, -0.2) is 73.8 Å². The summed E-state index contributed by atoms with van der Waals surface area (Å²) in [6.45, 7) is 5.24. The van der Waals surface area contributed by atoms with Crippen molar-refractivity contribution in [3.05, 3.63) is 29.8 Å². The molecule has 1 aromatic carbocycles. The van der Waals surface area contributed by atoms with Gasteiger partial charge in [0, 0.05) is 57.8 Å². The number of carbonyl (C=O) groups is 1. The van der Waals surface area contributed by atoms with E-state index in [4.69, 9.17) is 4.74 Å². The Morgan fingerprint density at radius 1 is 1.29 bits per heavy atom. The van der Waals surface area contributed by atoms with Crippen LogP contribution in [0.25, 0.3) is 0 Å². The molecule has 0 aliphatic carbocycles. The minimum Gasteiger partial charge on any atom is -0.496 e. The third-order valence-electron chi connectivity index (χ3n) is 4.11. The second-order valence-corrected chi connectivity index (χ2v) is 5.69. The predicted molar refractivity (Wildman–Crippen MR) is 96.7 cm³/mol. The second-order valence-electron chi connectivity index (χ2n) is 5.69. The maximum atomic E-state index is 12.3. The fourth-order valence-electron chi connectivity index (χ4n) is 2.81. The number of para-hydroxylation sites is 1. The summed E-state index contributed by atoms with van der Waals surface area (Å²) in [6.07, 6.45) is 0.481. The summed E-state index contributed by atoms with van der Waals surface area (Å²) in [5.74, 6) is 1.03. The Kier molecular flexibility index (Phi) is 9.71. The third kappa shape index (κ3) is 6.28. The Labute approximate surface area is 150 Å². The monoisotopic (exact) mass is 357 g/mol. The molecular weight excluding hydrogens is 330 g/mol. The number of ether oxygens (including phenoxy) is 1. The predicted octanol–water partition coefficient (Wildman–Crippen LogP) is 0.733. The van der Waals surface area contributed by atoms with Crippen LogP contribution in [0.1, 0.15) is 12.0 Å². The molecule has 7 heteroatoms. The molecule has 0 spiro atoms. The molecule has 1 fully saturated rings. The molecule has 1 aliphatic heterocycles. The summed E-state index contributed by atoms with van der Waals surface area (Å²) in [7, 11) is 1.66. The van der Waals surface area contributed by atoms with Crippen molar-refractivity contribution in [2.75, 3.05) is 53.0 Å². The first-order valence-electron chi connectivity index (χ1n) is 8.18. The number of piperazine rings is 1. The van der Waals surface area contributed by atoms with Gasteiger partial charge in [0.1, 0.15) is 5.75 Å². The zero-order valence-electron chi connectivity index (χ0n) is 14.2. The molecule has 136 valence electrons. The van der Waals surface area contributed by atoms with Crippen molar-refractivity contribution in [2.45, 2.75) is 13.0 Å². The molecule has 24 heavy (non-hydrogen) atoms. The number of aliphatic hydroxyl groups excluding tert-OH is 1.